The Morgan fingerprint density at radius 1 is 1.33 bits per heavy atom. The lowest BCUT2D eigenvalue weighted by Gasteiger charge is -2.18. The maximum absolute atomic E-state index is 11.3. The van der Waals surface area contributed by atoms with Crippen LogP contribution in [0, 0.1) is 0 Å². The van der Waals surface area contributed by atoms with E-state index in [2.05, 4.69) is 0 Å². The van der Waals surface area contributed by atoms with Crippen LogP contribution in [-0.4, -0.2) is 45.2 Å². The molecule has 1 aliphatic heterocycles. The molecule has 0 unspecified atom stereocenters. The quantitative estimate of drug-likeness (QED) is 0.793. The van der Waals surface area contributed by atoms with Crippen LogP contribution in [0.2, 0.25) is 0 Å². The third kappa shape index (κ3) is 2.35. The second-order valence-electron chi connectivity index (χ2n) is 3.61. The molecule has 1 aromatic heterocycles. The smallest absolute Gasteiger partial charge is 0.353 e. The lowest BCUT2D eigenvalue weighted by molar-refractivity contribution is -0.135. The highest BCUT2D eigenvalue weighted by Crippen LogP contribution is 2.27. The molecule has 0 atom stereocenters. The largest absolute Gasteiger partial charge is 0.477 e. The third-order valence-electron chi connectivity index (χ3n) is 2.49. The van der Waals surface area contributed by atoms with Gasteiger partial charge in [0, 0.05) is 12.3 Å². The topological polar surface area (TPSA) is 91.0 Å². The fourth-order valence-corrected chi connectivity index (χ4v) is 2.69. The summed E-state index contributed by atoms with van der Waals surface area (Å²) in [6.45, 7) is 0.518. The number of carboxylic acid groups (broad SMARTS) is 2. The molecule has 0 bridgehead atoms. The van der Waals surface area contributed by atoms with E-state index < -0.39 is 11.9 Å². The van der Waals surface area contributed by atoms with Crippen molar-refractivity contribution < 1.29 is 24.2 Å². The minimum atomic E-state index is -1.31. The van der Waals surface area contributed by atoms with Gasteiger partial charge < -0.3 is 19.5 Å². The second kappa shape index (κ2) is 5.18. The van der Waals surface area contributed by atoms with E-state index in [1.165, 1.54) is 18.4 Å². The lowest BCUT2D eigenvalue weighted by atomic mass is 10.1. The standard InChI is InChI=1S/C11H11NO5S/c13-10(14)8(7-2-1-4-17-7)9(11(15)16)12-3-5-18-6-12/h1-2,4H,3,5-6H2,(H,13,14)(H,15,16)/b9-8+. The molecule has 18 heavy (non-hydrogen) atoms. The highest BCUT2D eigenvalue weighted by Gasteiger charge is 2.30. The molecule has 0 radical (unpaired) electrons. The van der Waals surface area contributed by atoms with Gasteiger partial charge >= 0.3 is 11.9 Å². The summed E-state index contributed by atoms with van der Waals surface area (Å²) in [7, 11) is 0. The minimum absolute atomic E-state index is 0.0526. The van der Waals surface area contributed by atoms with E-state index in [9.17, 15) is 19.8 Å². The highest BCUT2D eigenvalue weighted by atomic mass is 32.2. The van der Waals surface area contributed by atoms with E-state index in [1.807, 2.05) is 0 Å². The molecule has 1 fully saturated rings. The Bertz CT molecular complexity index is 488. The molecule has 7 heteroatoms. The highest BCUT2D eigenvalue weighted by molar-refractivity contribution is 7.99. The van der Waals surface area contributed by atoms with Crippen molar-refractivity contribution in [3.05, 3.63) is 29.9 Å². The van der Waals surface area contributed by atoms with E-state index in [1.54, 1.807) is 16.7 Å². The van der Waals surface area contributed by atoms with Crippen molar-refractivity contribution in [2.75, 3.05) is 18.2 Å². The second-order valence-corrected chi connectivity index (χ2v) is 4.69. The Morgan fingerprint density at radius 2 is 2.11 bits per heavy atom. The zero-order valence-corrected chi connectivity index (χ0v) is 10.1. The van der Waals surface area contributed by atoms with Crippen LogP contribution in [0.3, 0.4) is 0 Å². The normalized spacial score (nSPS) is 16.6. The Kier molecular flexibility index (Phi) is 3.61. The fourth-order valence-electron chi connectivity index (χ4n) is 1.73. The molecular weight excluding hydrogens is 258 g/mol. The summed E-state index contributed by atoms with van der Waals surface area (Å²) in [5.74, 6) is -1.26. The van der Waals surface area contributed by atoms with Crippen LogP contribution < -0.4 is 0 Å². The summed E-state index contributed by atoms with van der Waals surface area (Å²) in [4.78, 5) is 24.1. The average Bonchev–Trinajstić information content (AvgIpc) is 2.97. The number of furan rings is 1. The summed E-state index contributed by atoms with van der Waals surface area (Å²) in [6, 6.07) is 2.96. The summed E-state index contributed by atoms with van der Waals surface area (Å²) in [5.41, 5.74) is -0.530. The van der Waals surface area contributed by atoms with E-state index in [4.69, 9.17) is 4.42 Å². The average molecular weight is 269 g/mol. The molecular formula is C11H11NO5S. The summed E-state index contributed by atoms with van der Waals surface area (Å²) >= 11 is 1.56. The van der Waals surface area contributed by atoms with Gasteiger partial charge in [-0.3, -0.25) is 0 Å². The monoisotopic (exact) mass is 269 g/mol. The number of hydrogen-bond donors (Lipinski definition) is 2. The van der Waals surface area contributed by atoms with Crippen LogP contribution in [-0.2, 0) is 9.59 Å². The Balaban J connectivity index is 2.54. The van der Waals surface area contributed by atoms with Crippen molar-refractivity contribution in [2.45, 2.75) is 0 Å². The zero-order chi connectivity index (χ0) is 13.1. The van der Waals surface area contributed by atoms with Gasteiger partial charge in [-0.2, -0.15) is 0 Å². The number of hydrogen-bond acceptors (Lipinski definition) is 5. The van der Waals surface area contributed by atoms with Crippen LogP contribution in [0.5, 0.6) is 0 Å². The molecule has 2 N–H and O–H groups in total. The maximum atomic E-state index is 11.3. The van der Waals surface area contributed by atoms with Crippen molar-refractivity contribution in [3.8, 4) is 0 Å². The van der Waals surface area contributed by atoms with Crippen molar-refractivity contribution >= 4 is 29.3 Å². The van der Waals surface area contributed by atoms with Gasteiger partial charge in [-0.25, -0.2) is 9.59 Å². The zero-order valence-electron chi connectivity index (χ0n) is 9.33. The van der Waals surface area contributed by atoms with Gasteiger partial charge in [-0.15, -0.1) is 11.8 Å². The van der Waals surface area contributed by atoms with Crippen LogP contribution >= 0.6 is 11.8 Å². The molecule has 0 spiro atoms. The number of carboxylic acids is 2. The molecule has 96 valence electrons. The van der Waals surface area contributed by atoms with Crippen LogP contribution in [0.4, 0.5) is 0 Å². The van der Waals surface area contributed by atoms with Gasteiger partial charge in [-0.05, 0) is 12.1 Å². The van der Waals surface area contributed by atoms with Crippen molar-refractivity contribution in [3.63, 3.8) is 0 Å². The Morgan fingerprint density at radius 3 is 2.56 bits per heavy atom. The van der Waals surface area contributed by atoms with Crippen LogP contribution in [0.25, 0.3) is 5.57 Å². The lowest BCUT2D eigenvalue weighted by Crippen LogP contribution is -2.27. The van der Waals surface area contributed by atoms with E-state index in [-0.39, 0.29) is 17.0 Å². The number of aliphatic carboxylic acids is 2. The fraction of sp³-hybridized carbons (Fsp3) is 0.273. The van der Waals surface area contributed by atoms with Gasteiger partial charge in [0.2, 0.25) is 0 Å². The minimum Gasteiger partial charge on any atom is -0.477 e. The molecule has 0 amide bonds. The first-order valence-corrected chi connectivity index (χ1v) is 6.34. The molecule has 6 nitrogen and oxygen atoms in total. The molecule has 0 saturated carbocycles. The van der Waals surface area contributed by atoms with Crippen molar-refractivity contribution in [1.82, 2.24) is 4.90 Å². The number of nitrogens with zero attached hydrogens (tertiary/aromatic N) is 1. The Hall–Kier alpha value is -1.89. The van der Waals surface area contributed by atoms with E-state index >= 15 is 0 Å². The van der Waals surface area contributed by atoms with Crippen LogP contribution in [0.15, 0.2) is 28.5 Å². The van der Waals surface area contributed by atoms with Gasteiger partial charge in [0.25, 0.3) is 0 Å². The maximum Gasteiger partial charge on any atom is 0.353 e. The van der Waals surface area contributed by atoms with Crippen LogP contribution in [0.1, 0.15) is 5.76 Å². The number of carbonyl (C=O) groups is 2. The predicted molar refractivity (Wildman–Crippen MR) is 64.9 cm³/mol. The number of thioether (sulfide) groups is 1. The molecule has 0 aromatic carbocycles. The first-order valence-electron chi connectivity index (χ1n) is 5.18. The summed E-state index contributed by atoms with van der Waals surface area (Å²) < 4.78 is 5.01. The van der Waals surface area contributed by atoms with E-state index in [0.29, 0.717) is 12.4 Å². The number of rotatable bonds is 4. The molecule has 2 heterocycles. The molecule has 1 aromatic rings. The first-order chi connectivity index (χ1) is 8.61. The molecule has 2 rings (SSSR count). The van der Waals surface area contributed by atoms with Crippen molar-refractivity contribution in [2.24, 2.45) is 0 Å². The van der Waals surface area contributed by atoms with Gasteiger partial charge in [0.1, 0.15) is 17.0 Å². The SMILES string of the molecule is O=C(O)/C(=C(\C(=O)O)N1CCSC1)c1ccco1. The Labute approximate surface area is 107 Å². The first kappa shape index (κ1) is 12.6. The predicted octanol–water partition coefficient (Wildman–Crippen LogP) is 1.17. The van der Waals surface area contributed by atoms with Crippen molar-refractivity contribution in [1.29, 1.82) is 0 Å². The third-order valence-corrected chi connectivity index (χ3v) is 3.46. The summed E-state index contributed by atoms with van der Waals surface area (Å²) in [6.07, 6.45) is 1.32. The molecule has 1 aliphatic rings. The van der Waals surface area contributed by atoms with Gasteiger partial charge in [0.15, 0.2) is 0 Å². The van der Waals surface area contributed by atoms with Gasteiger partial charge in [0.05, 0.1) is 12.1 Å². The molecule has 1 saturated heterocycles. The van der Waals surface area contributed by atoms with Gasteiger partial charge in [-0.1, -0.05) is 0 Å². The van der Waals surface area contributed by atoms with E-state index in [0.717, 1.165) is 5.75 Å². The molecule has 0 aliphatic carbocycles. The summed E-state index contributed by atoms with van der Waals surface area (Å²) in [5, 5.41) is 18.4.